The number of ether oxygens (including phenoxy) is 2. The topological polar surface area (TPSA) is 101 Å². The van der Waals surface area contributed by atoms with Crippen LogP contribution >= 0.6 is 24.8 Å². The van der Waals surface area contributed by atoms with Crippen LogP contribution in [0.3, 0.4) is 0 Å². The Morgan fingerprint density at radius 3 is 2.00 bits per heavy atom. The van der Waals surface area contributed by atoms with Gasteiger partial charge in [0.25, 0.3) is 0 Å². The molecular weight excluding hydrogens is 424 g/mol. The van der Waals surface area contributed by atoms with Gasteiger partial charge in [-0.2, -0.15) is 12.6 Å². The maximum Gasteiger partial charge on any atom is 0.245 e. The fourth-order valence-electron chi connectivity index (χ4n) is 2.40. The van der Waals surface area contributed by atoms with Gasteiger partial charge in [0.1, 0.15) is 17.3 Å². The molecule has 8 nitrogen and oxygen atoms in total. The van der Waals surface area contributed by atoms with Crippen LogP contribution in [0.5, 0.6) is 11.5 Å². The zero-order chi connectivity index (χ0) is 21.9. The number of hydrogen-bond acceptors (Lipinski definition) is 7. The Labute approximate surface area is 186 Å². The van der Waals surface area contributed by atoms with Crippen LogP contribution in [-0.2, 0) is 9.59 Å². The third-order valence-corrected chi connectivity index (χ3v) is 4.38. The van der Waals surface area contributed by atoms with Gasteiger partial charge in [0.15, 0.2) is 5.11 Å². The van der Waals surface area contributed by atoms with Crippen molar-refractivity contribution in [1.29, 1.82) is 0 Å². The zero-order valence-corrected chi connectivity index (χ0v) is 18.3. The van der Waals surface area contributed by atoms with E-state index in [1.807, 2.05) is 12.1 Å². The van der Waals surface area contributed by atoms with Gasteiger partial charge in [-0.15, -0.1) is 0 Å². The number of amides is 1. The van der Waals surface area contributed by atoms with Crippen molar-refractivity contribution in [2.24, 2.45) is 0 Å². The van der Waals surface area contributed by atoms with Crippen LogP contribution in [0.2, 0.25) is 0 Å². The molecule has 2 aromatic rings. The summed E-state index contributed by atoms with van der Waals surface area (Å²) in [6.07, 6.45) is -0.212. The van der Waals surface area contributed by atoms with Crippen molar-refractivity contribution in [3.63, 3.8) is 0 Å². The average Bonchev–Trinajstić information content (AvgIpc) is 2.73. The lowest BCUT2D eigenvalue weighted by Gasteiger charge is -2.15. The van der Waals surface area contributed by atoms with Crippen molar-refractivity contribution in [2.75, 3.05) is 24.9 Å². The summed E-state index contributed by atoms with van der Waals surface area (Å²) >= 11 is 9.46. The summed E-state index contributed by atoms with van der Waals surface area (Å²) in [5, 5.41) is 5.75. The second-order valence-electron chi connectivity index (χ2n) is 6.16. The lowest BCUT2D eigenvalue weighted by Crippen LogP contribution is -2.44. The molecule has 0 saturated heterocycles. The van der Waals surface area contributed by atoms with Gasteiger partial charge in [-0.25, -0.2) is 0 Å². The van der Waals surface area contributed by atoms with Gasteiger partial charge in [-0.3, -0.25) is 20.4 Å². The van der Waals surface area contributed by atoms with E-state index in [2.05, 4.69) is 34.1 Å². The van der Waals surface area contributed by atoms with E-state index in [0.717, 1.165) is 22.9 Å². The molecule has 4 N–H and O–H groups in total. The minimum atomic E-state index is -0.496. The molecule has 0 aliphatic carbocycles. The zero-order valence-electron chi connectivity index (χ0n) is 16.6. The number of benzene rings is 2. The molecule has 0 aromatic heterocycles. The van der Waals surface area contributed by atoms with Crippen molar-refractivity contribution in [2.45, 2.75) is 18.2 Å². The minimum Gasteiger partial charge on any atom is -0.497 e. The monoisotopic (exact) mass is 448 g/mol. The average molecular weight is 449 g/mol. The van der Waals surface area contributed by atoms with E-state index < -0.39 is 11.3 Å². The molecule has 1 atom stereocenters. The number of rotatable bonds is 9. The summed E-state index contributed by atoms with van der Waals surface area (Å²) in [6.45, 7) is 0. The first-order chi connectivity index (χ1) is 14.4. The lowest BCUT2D eigenvalue weighted by atomic mass is 10.2. The number of thiocarbonyl (C=S) groups is 1. The van der Waals surface area contributed by atoms with Gasteiger partial charge in [-0.1, -0.05) is 0 Å². The summed E-state index contributed by atoms with van der Waals surface area (Å²) in [5.74, 6) is 0.694. The van der Waals surface area contributed by atoms with Gasteiger partial charge in [0.2, 0.25) is 5.91 Å². The third-order valence-electron chi connectivity index (χ3n) is 3.87. The van der Waals surface area contributed by atoms with Gasteiger partial charge < -0.3 is 20.1 Å². The van der Waals surface area contributed by atoms with Crippen molar-refractivity contribution in [1.82, 2.24) is 10.9 Å². The Morgan fingerprint density at radius 1 is 0.933 bits per heavy atom. The molecule has 1 amide bonds. The number of hydrogen-bond donors (Lipinski definition) is 5. The smallest absolute Gasteiger partial charge is 0.245 e. The van der Waals surface area contributed by atoms with E-state index in [4.69, 9.17) is 21.7 Å². The summed E-state index contributed by atoms with van der Waals surface area (Å²) in [4.78, 5) is 24.0. The van der Waals surface area contributed by atoms with Crippen LogP contribution < -0.4 is 31.0 Å². The van der Waals surface area contributed by atoms with Crippen LogP contribution in [0.15, 0.2) is 48.5 Å². The molecule has 0 aliphatic heterocycles. The summed E-state index contributed by atoms with van der Waals surface area (Å²) in [5.41, 5.74) is 6.47. The van der Waals surface area contributed by atoms with Crippen molar-refractivity contribution >= 4 is 53.0 Å². The quantitative estimate of drug-likeness (QED) is 0.131. The van der Waals surface area contributed by atoms with E-state index in [-0.39, 0.29) is 23.7 Å². The Hall–Kier alpha value is -2.98. The highest BCUT2D eigenvalue weighted by molar-refractivity contribution is 7.81. The maximum atomic E-state index is 12.1. The second-order valence-corrected chi connectivity index (χ2v) is 7.20. The maximum absolute atomic E-state index is 12.1. The predicted octanol–water partition coefficient (Wildman–Crippen LogP) is 2.74. The van der Waals surface area contributed by atoms with Gasteiger partial charge >= 0.3 is 0 Å². The predicted molar refractivity (Wildman–Crippen MR) is 124 cm³/mol. The number of carbonyl (C=O) groups excluding carboxylic acids is 2. The second kappa shape index (κ2) is 11.9. The minimum absolute atomic E-state index is 0.0805. The molecule has 0 aliphatic rings. The highest BCUT2D eigenvalue weighted by Crippen LogP contribution is 2.18. The largest absolute Gasteiger partial charge is 0.497 e. The summed E-state index contributed by atoms with van der Waals surface area (Å²) in [7, 11) is 3.17. The molecule has 0 fully saturated rings. The molecule has 2 rings (SSSR count). The van der Waals surface area contributed by atoms with Gasteiger partial charge in [-0.05, 0) is 60.7 Å². The van der Waals surface area contributed by atoms with Crippen molar-refractivity contribution in [3.8, 4) is 11.5 Å². The molecule has 1 unspecified atom stereocenters. The van der Waals surface area contributed by atoms with Gasteiger partial charge in [0.05, 0.1) is 26.0 Å². The van der Waals surface area contributed by atoms with E-state index >= 15 is 0 Å². The van der Waals surface area contributed by atoms with E-state index in [9.17, 15) is 9.59 Å². The molecule has 0 radical (unpaired) electrons. The number of hydrazine groups is 1. The summed E-state index contributed by atoms with van der Waals surface area (Å²) < 4.78 is 10.2. The molecule has 0 saturated carbocycles. The summed E-state index contributed by atoms with van der Waals surface area (Å²) in [6, 6.07) is 14.3. The lowest BCUT2D eigenvalue weighted by molar-refractivity contribution is -0.128. The highest BCUT2D eigenvalue weighted by atomic mass is 32.1. The molecule has 10 heteroatoms. The Balaban J connectivity index is 1.68. The third kappa shape index (κ3) is 8.18. The Morgan fingerprint density at radius 2 is 1.47 bits per heavy atom. The van der Waals surface area contributed by atoms with Crippen LogP contribution in [-0.4, -0.2) is 36.4 Å². The molecule has 160 valence electrons. The number of carbonyl (C=O) groups is 2. The first-order valence-corrected chi connectivity index (χ1v) is 9.92. The SMILES string of the molecule is COc1ccc(NC(=S)NNC(=O)CC(=O)CC(S)Nc2ccc(OC)cc2)cc1. The number of Topliss-reactive ketones (excluding diaryl/α,β-unsaturated/α-hetero) is 1. The number of ketones is 1. The van der Waals surface area contributed by atoms with Crippen molar-refractivity contribution < 1.29 is 19.1 Å². The Kier molecular flexibility index (Phi) is 9.23. The molecule has 0 bridgehead atoms. The standard InChI is InChI=1S/C20H24N4O4S2/c1-27-16-7-3-13(4-8-16)21-19(29)12-15(25)11-18(26)23-24-20(30)22-14-5-9-17(28-2)10-6-14/h3-10,19,21,29H,11-12H2,1-2H3,(H,23,26)(H2,22,24,30). The van der Waals surface area contributed by atoms with Crippen LogP contribution in [0.1, 0.15) is 12.8 Å². The van der Waals surface area contributed by atoms with Crippen LogP contribution in [0.4, 0.5) is 11.4 Å². The number of methoxy groups -OCH3 is 2. The van der Waals surface area contributed by atoms with Gasteiger partial charge in [0, 0.05) is 17.8 Å². The number of thiol groups is 1. The fourth-order valence-corrected chi connectivity index (χ4v) is 2.93. The van der Waals surface area contributed by atoms with E-state index in [1.54, 1.807) is 50.6 Å². The Bertz CT molecular complexity index is 860. The molecular formula is C20H24N4O4S2. The number of anilines is 2. The normalized spacial score (nSPS) is 11.0. The number of nitrogens with one attached hydrogen (secondary N) is 4. The van der Waals surface area contributed by atoms with Crippen LogP contribution in [0.25, 0.3) is 0 Å². The van der Waals surface area contributed by atoms with E-state index in [0.29, 0.717) is 0 Å². The fraction of sp³-hybridized carbons (Fsp3) is 0.250. The van der Waals surface area contributed by atoms with Crippen molar-refractivity contribution in [3.05, 3.63) is 48.5 Å². The van der Waals surface area contributed by atoms with Crippen LogP contribution in [0, 0.1) is 0 Å². The van der Waals surface area contributed by atoms with E-state index in [1.165, 1.54) is 0 Å². The molecule has 0 heterocycles. The first-order valence-electron chi connectivity index (χ1n) is 9.00. The molecule has 2 aromatic carbocycles. The molecule has 0 spiro atoms. The first kappa shape index (κ1) is 23.3. The molecule has 30 heavy (non-hydrogen) atoms. The highest BCUT2D eigenvalue weighted by Gasteiger charge is 2.14.